The molecule has 0 unspecified atom stereocenters. The summed E-state index contributed by atoms with van der Waals surface area (Å²) in [5, 5.41) is 9.66. The molecular weight excluding hydrogens is 440 g/mol. The summed E-state index contributed by atoms with van der Waals surface area (Å²) in [4.78, 5) is 8.89. The van der Waals surface area contributed by atoms with E-state index in [2.05, 4.69) is 51.2 Å². The number of oxazole rings is 1. The monoisotopic (exact) mass is 468 g/mol. The van der Waals surface area contributed by atoms with Crippen LogP contribution in [0.5, 0.6) is 5.75 Å². The smallest absolute Gasteiger partial charge is 0.266 e. The van der Waals surface area contributed by atoms with E-state index in [0.717, 1.165) is 49.6 Å². The number of benzene rings is 2. The quantitative estimate of drug-likeness (QED) is 0.363. The van der Waals surface area contributed by atoms with Gasteiger partial charge in [0.1, 0.15) is 24.2 Å². The maximum absolute atomic E-state index is 9.66. The predicted molar refractivity (Wildman–Crippen MR) is 133 cm³/mol. The number of ether oxygens (including phenoxy) is 1. The summed E-state index contributed by atoms with van der Waals surface area (Å²) in [6.45, 7) is 8.57. The minimum atomic E-state index is 0.279. The van der Waals surface area contributed by atoms with Gasteiger partial charge in [-0.15, -0.1) is 0 Å². The molecule has 178 valence electrons. The van der Waals surface area contributed by atoms with Gasteiger partial charge >= 0.3 is 0 Å². The molecule has 1 fully saturated rings. The highest BCUT2D eigenvalue weighted by atomic mass is 16.5. The Kier molecular flexibility index (Phi) is 6.55. The van der Waals surface area contributed by atoms with Gasteiger partial charge in [0.15, 0.2) is 5.76 Å². The van der Waals surface area contributed by atoms with Crippen LogP contribution in [-0.4, -0.2) is 36.1 Å². The minimum absolute atomic E-state index is 0.279. The van der Waals surface area contributed by atoms with Crippen molar-refractivity contribution in [3.63, 3.8) is 0 Å². The lowest BCUT2D eigenvalue weighted by Gasteiger charge is -2.34. The zero-order valence-electron chi connectivity index (χ0n) is 20.0. The Hall–Kier alpha value is -4.02. The molecule has 0 saturated carbocycles. The molecule has 4 aromatic rings. The van der Waals surface area contributed by atoms with Crippen LogP contribution in [-0.2, 0) is 13.2 Å². The second-order valence-electron chi connectivity index (χ2n) is 8.86. The molecule has 3 heterocycles. The highest BCUT2D eigenvalue weighted by Crippen LogP contribution is 2.30. The number of furan rings is 1. The maximum Gasteiger partial charge on any atom is 0.266 e. The average Bonchev–Trinajstić information content (AvgIpc) is 3.53. The first-order chi connectivity index (χ1) is 17.1. The van der Waals surface area contributed by atoms with Gasteiger partial charge in [0, 0.05) is 32.7 Å². The second kappa shape index (κ2) is 10.1. The summed E-state index contributed by atoms with van der Waals surface area (Å²) in [5.41, 5.74) is 3.79. The fourth-order valence-electron chi connectivity index (χ4n) is 4.24. The van der Waals surface area contributed by atoms with E-state index in [0.29, 0.717) is 29.9 Å². The molecule has 0 N–H and O–H groups in total. The largest absolute Gasteiger partial charge is 0.485 e. The standard InChI is InChI=1S/C28H28N4O3/c1-20-8-9-21(2)26(16-20)33-19-23-10-11-25(34-23)27-30-24(17-29)28(35-27)32-14-12-31(13-15-32)18-22-6-4-3-5-7-22/h3-11,16H,12-15,18-19H2,1-2H3. The van der Waals surface area contributed by atoms with Gasteiger partial charge < -0.3 is 18.5 Å². The molecule has 0 amide bonds. The first-order valence-electron chi connectivity index (χ1n) is 11.8. The maximum atomic E-state index is 9.66. The highest BCUT2D eigenvalue weighted by Gasteiger charge is 2.25. The molecular formula is C28H28N4O3. The lowest BCUT2D eigenvalue weighted by Crippen LogP contribution is -2.46. The number of aryl methyl sites for hydroxylation is 2. The molecule has 1 saturated heterocycles. The van der Waals surface area contributed by atoms with Crippen molar-refractivity contribution in [1.82, 2.24) is 9.88 Å². The first-order valence-corrected chi connectivity index (χ1v) is 11.8. The van der Waals surface area contributed by atoms with E-state index >= 15 is 0 Å². The molecule has 0 radical (unpaired) electrons. The van der Waals surface area contributed by atoms with Crippen LogP contribution in [0.4, 0.5) is 5.88 Å². The van der Waals surface area contributed by atoms with E-state index in [1.165, 1.54) is 5.56 Å². The van der Waals surface area contributed by atoms with Crippen LogP contribution in [0.1, 0.15) is 28.1 Å². The topological polar surface area (TPSA) is 78.7 Å². The SMILES string of the molecule is Cc1ccc(C)c(OCc2ccc(-c3nc(C#N)c(N4CCN(Cc5ccccc5)CC4)o3)o2)c1. The van der Waals surface area contributed by atoms with Gasteiger partial charge in [0.25, 0.3) is 5.89 Å². The molecule has 1 aliphatic heterocycles. The Balaban J connectivity index is 1.24. The van der Waals surface area contributed by atoms with Crippen molar-refractivity contribution in [1.29, 1.82) is 5.26 Å². The lowest BCUT2D eigenvalue weighted by atomic mass is 10.1. The summed E-state index contributed by atoms with van der Waals surface area (Å²) in [6, 6.07) is 22.4. The molecule has 0 aliphatic carbocycles. The Bertz CT molecular complexity index is 1330. The van der Waals surface area contributed by atoms with Crippen molar-refractivity contribution in [2.75, 3.05) is 31.1 Å². The first kappa shape index (κ1) is 22.8. The van der Waals surface area contributed by atoms with Gasteiger partial charge in [-0.25, -0.2) is 0 Å². The van der Waals surface area contributed by atoms with Gasteiger partial charge in [-0.2, -0.15) is 10.2 Å². The predicted octanol–water partition coefficient (Wildman–Crippen LogP) is 5.32. The molecule has 2 aromatic heterocycles. The van der Waals surface area contributed by atoms with Gasteiger partial charge in [-0.05, 0) is 48.7 Å². The van der Waals surface area contributed by atoms with Crippen molar-refractivity contribution >= 4 is 5.88 Å². The number of nitriles is 1. The summed E-state index contributed by atoms with van der Waals surface area (Å²) < 4.78 is 17.9. The molecule has 1 aliphatic rings. The van der Waals surface area contributed by atoms with Crippen molar-refractivity contribution < 1.29 is 13.6 Å². The lowest BCUT2D eigenvalue weighted by molar-refractivity contribution is 0.246. The van der Waals surface area contributed by atoms with Crippen LogP contribution in [0.3, 0.4) is 0 Å². The van der Waals surface area contributed by atoms with Gasteiger partial charge in [0.2, 0.25) is 11.6 Å². The third-order valence-corrected chi connectivity index (χ3v) is 6.21. The van der Waals surface area contributed by atoms with E-state index < -0.39 is 0 Å². The van der Waals surface area contributed by atoms with Crippen molar-refractivity contribution in [3.8, 4) is 23.5 Å². The third kappa shape index (κ3) is 5.23. The van der Waals surface area contributed by atoms with Crippen LogP contribution in [0, 0.1) is 25.2 Å². The number of aromatic nitrogens is 1. The van der Waals surface area contributed by atoms with Crippen molar-refractivity contribution in [3.05, 3.63) is 88.8 Å². The zero-order valence-corrected chi connectivity index (χ0v) is 20.0. The van der Waals surface area contributed by atoms with Gasteiger partial charge in [-0.1, -0.05) is 42.5 Å². The van der Waals surface area contributed by atoms with Gasteiger partial charge in [-0.3, -0.25) is 4.90 Å². The summed E-state index contributed by atoms with van der Waals surface area (Å²) in [5.74, 6) is 2.79. The van der Waals surface area contributed by atoms with E-state index in [4.69, 9.17) is 13.6 Å². The molecule has 7 nitrogen and oxygen atoms in total. The molecule has 0 spiro atoms. The highest BCUT2D eigenvalue weighted by molar-refractivity contribution is 5.56. The summed E-state index contributed by atoms with van der Waals surface area (Å²) >= 11 is 0. The third-order valence-electron chi connectivity index (χ3n) is 6.21. The fourth-order valence-corrected chi connectivity index (χ4v) is 4.24. The second-order valence-corrected chi connectivity index (χ2v) is 8.86. The molecule has 2 aromatic carbocycles. The number of rotatable bonds is 7. The fraction of sp³-hybridized carbons (Fsp3) is 0.286. The molecule has 0 atom stereocenters. The van der Waals surface area contributed by atoms with Gasteiger partial charge in [0.05, 0.1) is 0 Å². The molecule has 5 rings (SSSR count). The minimum Gasteiger partial charge on any atom is -0.485 e. The van der Waals surface area contributed by atoms with Crippen LogP contribution < -0.4 is 9.64 Å². The number of nitrogens with zero attached hydrogens (tertiary/aromatic N) is 4. The van der Waals surface area contributed by atoms with Crippen LogP contribution in [0.25, 0.3) is 11.7 Å². The number of anilines is 1. The van der Waals surface area contributed by atoms with E-state index in [1.54, 1.807) is 6.07 Å². The van der Waals surface area contributed by atoms with E-state index in [9.17, 15) is 5.26 Å². The summed E-state index contributed by atoms with van der Waals surface area (Å²) in [6.07, 6.45) is 0. The van der Waals surface area contributed by atoms with E-state index in [1.807, 2.05) is 38.1 Å². The molecule has 7 heteroatoms. The van der Waals surface area contributed by atoms with Crippen molar-refractivity contribution in [2.24, 2.45) is 0 Å². The Labute approximate surface area is 205 Å². The molecule has 0 bridgehead atoms. The Morgan fingerprint density at radius 1 is 0.971 bits per heavy atom. The average molecular weight is 469 g/mol. The number of hydrogen-bond acceptors (Lipinski definition) is 7. The van der Waals surface area contributed by atoms with Crippen LogP contribution in [0.2, 0.25) is 0 Å². The molecule has 35 heavy (non-hydrogen) atoms. The zero-order chi connectivity index (χ0) is 24.2. The normalized spacial score (nSPS) is 14.1. The Morgan fingerprint density at radius 3 is 2.54 bits per heavy atom. The summed E-state index contributed by atoms with van der Waals surface area (Å²) in [7, 11) is 0. The number of piperazine rings is 1. The van der Waals surface area contributed by atoms with Crippen molar-refractivity contribution in [2.45, 2.75) is 27.0 Å². The van der Waals surface area contributed by atoms with E-state index in [-0.39, 0.29) is 5.69 Å². The Morgan fingerprint density at radius 2 is 1.77 bits per heavy atom. The van der Waals surface area contributed by atoms with Crippen LogP contribution in [0.15, 0.2) is 69.5 Å². The number of hydrogen-bond donors (Lipinski definition) is 0. The van der Waals surface area contributed by atoms with Crippen LogP contribution >= 0.6 is 0 Å².